The van der Waals surface area contributed by atoms with Crippen molar-refractivity contribution in [3.05, 3.63) is 70.3 Å². The third kappa shape index (κ3) is 3.71. The number of alkyl halides is 2. The van der Waals surface area contributed by atoms with E-state index in [1.807, 2.05) is 12.1 Å². The van der Waals surface area contributed by atoms with E-state index in [9.17, 15) is 10.1 Å². The SMILES string of the molecule is C[C@@]12CC[C@@H](c3ccc(C#N)cc3CI)[C@H](c3ccc(CI)cc3)[C@@H]1CNC2=O. The summed E-state index contributed by atoms with van der Waals surface area (Å²) in [6, 6.07) is 17.4. The smallest absolute Gasteiger partial charge is 0.226 e. The summed E-state index contributed by atoms with van der Waals surface area (Å²) in [6.07, 6.45) is 1.91. The van der Waals surface area contributed by atoms with Crippen LogP contribution in [-0.2, 0) is 13.6 Å². The average molecular weight is 610 g/mol. The molecule has 1 saturated carbocycles. The van der Waals surface area contributed by atoms with Gasteiger partial charge in [-0.2, -0.15) is 5.26 Å². The van der Waals surface area contributed by atoms with Crippen molar-refractivity contribution in [1.29, 1.82) is 5.26 Å². The van der Waals surface area contributed by atoms with Gasteiger partial charge in [0.2, 0.25) is 5.91 Å². The molecule has 0 spiro atoms. The van der Waals surface area contributed by atoms with E-state index in [0.29, 0.717) is 11.8 Å². The minimum atomic E-state index is -0.291. The van der Waals surface area contributed by atoms with Gasteiger partial charge in [-0.25, -0.2) is 0 Å². The van der Waals surface area contributed by atoms with Gasteiger partial charge in [-0.15, -0.1) is 0 Å². The quantitative estimate of drug-likeness (QED) is 0.350. The highest BCUT2D eigenvalue weighted by Crippen LogP contribution is 2.57. The fourth-order valence-corrected chi connectivity index (χ4v) is 6.50. The molecule has 4 rings (SSSR count). The van der Waals surface area contributed by atoms with Crippen LogP contribution in [0.25, 0.3) is 0 Å². The molecule has 2 fully saturated rings. The molecule has 1 N–H and O–H groups in total. The second kappa shape index (κ2) is 8.54. The molecule has 2 aromatic rings. The van der Waals surface area contributed by atoms with Crippen LogP contribution in [0, 0.1) is 22.7 Å². The fourth-order valence-electron chi connectivity index (χ4n) is 5.33. The molecule has 5 heteroatoms. The second-order valence-electron chi connectivity index (χ2n) is 8.44. The molecule has 0 aromatic heterocycles. The normalized spacial score (nSPS) is 28.5. The second-order valence-corrected chi connectivity index (χ2v) is 9.96. The minimum Gasteiger partial charge on any atom is -0.355 e. The third-order valence-electron chi connectivity index (χ3n) is 7.00. The molecule has 2 aromatic carbocycles. The van der Waals surface area contributed by atoms with Crippen LogP contribution >= 0.6 is 45.2 Å². The average Bonchev–Trinajstić information content (AvgIpc) is 3.07. The summed E-state index contributed by atoms with van der Waals surface area (Å²) in [5, 5.41) is 12.5. The number of rotatable bonds is 4. The van der Waals surface area contributed by atoms with Crippen LogP contribution in [0.1, 0.15) is 59.4 Å². The Hall–Kier alpha value is -1.14. The Morgan fingerprint density at radius 1 is 1.17 bits per heavy atom. The van der Waals surface area contributed by atoms with Gasteiger partial charge in [-0.05, 0) is 65.0 Å². The van der Waals surface area contributed by atoms with E-state index >= 15 is 0 Å². The summed E-state index contributed by atoms with van der Waals surface area (Å²) in [6.45, 7) is 2.90. The number of hydrogen-bond donors (Lipinski definition) is 1. The summed E-state index contributed by atoms with van der Waals surface area (Å²) < 4.78 is 1.89. The predicted octanol–water partition coefficient (Wildman–Crippen LogP) is 5.84. The number of carbonyl (C=O) groups excluding carboxylic acids is 1. The van der Waals surface area contributed by atoms with E-state index in [1.165, 1.54) is 22.3 Å². The highest BCUT2D eigenvalue weighted by Gasteiger charge is 2.54. The topological polar surface area (TPSA) is 52.9 Å². The zero-order valence-corrected chi connectivity index (χ0v) is 20.7. The van der Waals surface area contributed by atoms with E-state index in [4.69, 9.17) is 0 Å². The number of nitrogens with one attached hydrogen (secondary N) is 1. The molecule has 4 atom stereocenters. The maximum atomic E-state index is 12.7. The summed E-state index contributed by atoms with van der Waals surface area (Å²) in [4.78, 5) is 12.7. The number of fused-ring (bicyclic) bond motifs is 1. The lowest BCUT2D eigenvalue weighted by Crippen LogP contribution is -2.41. The molecule has 1 aliphatic carbocycles. The molecular weight excluding hydrogens is 586 g/mol. The monoisotopic (exact) mass is 610 g/mol. The Labute approximate surface area is 199 Å². The van der Waals surface area contributed by atoms with E-state index < -0.39 is 0 Å². The van der Waals surface area contributed by atoms with Crippen LogP contribution in [0.3, 0.4) is 0 Å². The van der Waals surface area contributed by atoms with Crippen molar-refractivity contribution in [1.82, 2.24) is 5.32 Å². The Balaban J connectivity index is 1.82. The van der Waals surface area contributed by atoms with Gasteiger partial charge >= 0.3 is 0 Å². The number of carbonyl (C=O) groups is 1. The van der Waals surface area contributed by atoms with Gasteiger partial charge in [0.1, 0.15) is 0 Å². The largest absolute Gasteiger partial charge is 0.355 e. The van der Waals surface area contributed by atoms with Crippen LogP contribution in [-0.4, -0.2) is 12.5 Å². The number of amides is 1. The molecule has 2 aliphatic rings. The molecule has 0 bridgehead atoms. The molecule has 0 unspecified atom stereocenters. The molecule has 29 heavy (non-hydrogen) atoms. The van der Waals surface area contributed by atoms with Crippen molar-refractivity contribution in [2.24, 2.45) is 11.3 Å². The summed E-state index contributed by atoms with van der Waals surface area (Å²) in [5.74, 6) is 1.16. The maximum Gasteiger partial charge on any atom is 0.226 e. The highest BCUT2D eigenvalue weighted by molar-refractivity contribution is 14.1. The number of nitriles is 1. The van der Waals surface area contributed by atoms with Crippen molar-refractivity contribution < 1.29 is 4.79 Å². The first-order valence-corrected chi connectivity index (χ1v) is 13.1. The first kappa shape index (κ1) is 21.1. The fraction of sp³-hybridized carbons (Fsp3) is 0.417. The van der Waals surface area contributed by atoms with Crippen LogP contribution in [0.2, 0.25) is 0 Å². The molecule has 3 nitrogen and oxygen atoms in total. The predicted molar refractivity (Wildman–Crippen MR) is 132 cm³/mol. The van der Waals surface area contributed by atoms with E-state index in [2.05, 4.69) is 93.8 Å². The van der Waals surface area contributed by atoms with Crippen LogP contribution in [0.4, 0.5) is 0 Å². The van der Waals surface area contributed by atoms with Crippen LogP contribution in [0.15, 0.2) is 42.5 Å². The Morgan fingerprint density at radius 3 is 2.59 bits per heavy atom. The molecule has 1 aliphatic heterocycles. The lowest BCUT2D eigenvalue weighted by molar-refractivity contribution is -0.129. The molecule has 1 saturated heterocycles. The number of hydrogen-bond acceptors (Lipinski definition) is 2. The van der Waals surface area contributed by atoms with Crippen LogP contribution < -0.4 is 5.32 Å². The maximum absolute atomic E-state index is 12.7. The van der Waals surface area contributed by atoms with Gasteiger partial charge in [0.15, 0.2) is 0 Å². The molecular formula is C24H24I2N2O. The Kier molecular flexibility index (Phi) is 6.22. The molecule has 0 radical (unpaired) electrons. The van der Waals surface area contributed by atoms with Crippen molar-refractivity contribution in [2.75, 3.05) is 6.54 Å². The van der Waals surface area contributed by atoms with Gasteiger partial charge in [-0.1, -0.05) is 82.4 Å². The zero-order valence-electron chi connectivity index (χ0n) is 16.4. The molecule has 1 amide bonds. The van der Waals surface area contributed by atoms with Gasteiger partial charge in [0.05, 0.1) is 17.0 Å². The summed E-state index contributed by atoms with van der Waals surface area (Å²) >= 11 is 4.80. The van der Waals surface area contributed by atoms with E-state index in [-0.39, 0.29) is 17.2 Å². The van der Waals surface area contributed by atoms with Crippen molar-refractivity contribution in [3.63, 3.8) is 0 Å². The summed E-state index contributed by atoms with van der Waals surface area (Å²) in [5.41, 5.74) is 5.70. The van der Waals surface area contributed by atoms with Gasteiger partial charge < -0.3 is 5.32 Å². The zero-order chi connectivity index (χ0) is 20.6. The highest BCUT2D eigenvalue weighted by atomic mass is 127. The van der Waals surface area contributed by atoms with E-state index in [1.54, 1.807) is 0 Å². The van der Waals surface area contributed by atoms with Crippen molar-refractivity contribution in [2.45, 2.75) is 40.5 Å². The van der Waals surface area contributed by atoms with Crippen molar-refractivity contribution >= 4 is 51.1 Å². The Morgan fingerprint density at radius 2 is 1.93 bits per heavy atom. The number of nitrogens with zero attached hydrogens (tertiary/aromatic N) is 1. The van der Waals surface area contributed by atoms with Crippen molar-refractivity contribution in [3.8, 4) is 6.07 Å². The van der Waals surface area contributed by atoms with Gasteiger partial charge in [0, 0.05) is 15.4 Å². The standard InChI is InChI=1S/C24H24I2N2O/c1-24-9-8-20(19-7-4-16(13-27)10-18(19)12-26)22(21(24)14-28-23(24)29)17-5-2-15(11-25)3-6-17/h2-7,10,20-22H,8-9,11-12,14H2,1H3,(H,28,29)/t20-,21-,22-,24+/m0/s1. The number of benzene rings is 2. The third-order valence-corrected chi connectivity index (χ3v) is 8.70. The first-order valence-electron chi connectivity index (χ1n) is 10.0. The summed E-state index contributed by atoms with van der Waals surface area (Å²) in [7, 11) is 0. The van der Waals surface area contributed by atoms with Gasteiger partial charge in [-0.3, -0.25) is 4.79 Å². The van der Waals surface area contributed by atoms with Gasteiger partial charge in [0.25, 0.3) is 0 Å². The minimum absolute atomic E-state index is 0.212. The molecule has 150 valence electrons. The number of halogens is 2. The van der Waals surface area contributed by atoms with E-state index in [0.717, 1.165) is 33.8 Å². The first-order chi connectivity index (χ1) is 14.0. The lowest BCUT2D eigenvalue weighted by atomic mass is 9.57. The Bertz CT molecular complexity index is 966. The lowest BCUT2D eigenvalue weighted by Gasteiger charge is -2.45. The van der Waals surface area contributed by atoms with Crippen LogP contribution in [0.5, 0.6) is 0 Å². The molecule has 1 heterocycles.